The van der Waals surface area contributed by atoms with Gasteiger partial charge in [0.15, 0.2) is 5.78 Å². The SMILES string of the molecule is CCCC1Nc2nc(Cl)nc(C)c2CC1=O.CCC[C@H](Nc1nc(Cl)nc(C)c1[N+](=O)[O-])C(=O)OC.O=C=O.O=C=O. The molecule has 0 saturated carbocycles. The van der Waals surface area contributed by atoms with E-state index in [1.165, 1.54) is 14.0 Å². The summed E-state index contributed by atoms with van der Waals surface area (Å²) in [6.45, 7) is 7.23. The van der Waals surface area contributed by atoms with Crippen LogP contribution < -0.4 is 10.6 Å². The summed E-state index contributed by atoms with van der Waals surface area (Å²) in [6.07, 6.45) is 3.86. The molecule has 0 amide bonds. The van der Waals surface area contributed by atoms with Crippen molar-refractivity contribution in [2.45, 2.75) is 71.9 Å². The van der Waals surface area contributed by atoms with Gasteiger partial charge in [0.25, 0.3) is 0 Å². The molecular weight excluding hydrogens is 601 g/mol. The highest BCUT2D eigenvalue weighted by Gasteiger charge is 2.28. The summed E-state index contributed by atoms with van der Waals surface area (Å²) in [4.78, 5) is 82.1. The van der Waals surface area contributed by atoms with Crippen molar-refractivity contribution in [3.63, 3.8) is 0 Å². The van der Waals surface area contributed by atoms with E-state index >= 15 is 0 Å². The Labute approximate surface area is 250 Å². The quantitative estimate of drug-likeness (QED) is 0.185. The Morgan fingerprint density at radius 1 is 1.07 bits per heavy atom. The highest BCUT2D eigenvalue weighted by atomic mass is 35.5. The monoisotopic (exact) mass is 629 g/mol. The van der Waals surface area contributed by atoms with E-state index in [2.05, 4.69) is 42.2 Å². The van der Waals surface area contributed by atoms with Crippen LogP contribution in [0.3, 0.4) is 0 Å². The molecule has 0 radical (unpaired) electrons. The van der Waals surface area contributed by atoms with Gasteiger partial charge >= 0.3 is 24.0 Å². The van der Waals surface area contributed by atoms with E-state index in [0.717, 1.165) is 29.9 Å². The van der Waals surface area contributed by atoms with Gasteiger partial charge in [-0.25, -0.2) is 19.7 Å². The molecule has 16 nitrogen and oxygen atoms in total. The predicted octanol–water partition coefficient (Wildman–Crippen LogP) is 3.08. The van der Waals surface area contributed by atoms with Crippen LogP contribution in [-0.4, -0.2) is 68.1 Å². The number of carbonyl (C=O) groups excluding carboxylic acids is 6. The second-order valence-electron chi connectivity index (χ2n) is 8.24. The van der Waals surface area contributed by atoms with Crippen LogP contribution in [0.15, 0.2) is 0 Å². The molecule has 3 heterocycles. The topological polar surface area (TPSA) is 230 Å². The van der Waals surface area contributed by atoms with Crippen LogP contribution in [0.5, 0.6) is 0 Å². The average molecular weight is 630 g/mol. The van der Waals surface area contributed by atoms with E-state index in [1.54, 1.807) is 0 Å². The van der Waals surface area contributed by atoms with Gasteiger partial charge in [0, 0.05) is 17.7 Å². The first kappa shape index (κ1) is 37.6. The fraction of sp³-hybridized carbons (Fsp3) is 0.500. The number of rotatable bonds is 8. The van der Waals surface area contributed by atoms with Crippen molar-refractivity contribution in [1.82, 2.24) is 19.9 Å². The molecule has 228 valence electrons. The molecule has 0 aliphatic carbocycles. The fourth-order valence-corrected chi connectivity index (χ4v) is 4.08. The molecule has 1 unspecified atom stereocenters. The van der Waals surface area contributed by atoms with Crippen LogP contribution in [0, 0.1) is 24.0 Å². The number of aromatic nitrogens is 4. The van der Waals surface area contributed by atoms with Crippen LogP contribution >= 0.6 is 23.2 Å². The van der Waals surface area contributed by atoms with E-state index in [-0.39, 0.29) is 51.9 Å². The molecule has 0 saturated heterocycles. The van der Waals surface area contributed by atoms with Crippen molar-refractivity contribution in [1.29, 1.82) is 0 Å². The number of methoxy groups -OCH3 is 1. The van der Waals surface area contributed by atoms with Crippen molar-refractivity contribution < 1.29 is 38.4 Å². The summed E-state index contributed by atoms with van der Waals surface area (Å²) in [5.41, 5.74) is 1.48. The van der Waals surface area contributed by atoms with Gasteiger partial charge in [-0.3, -0.25) is 14.9 Å². The smallest absolute Gasteiger partial charge is 0.373 e. The molecule has 42 heavy (non-hydrogen) atoms. The number of halogens is 2. The number of nitrogens with zero attached hydrogens (tertiary/aromatic N) is 5. The number of nitrogens with one attached hydrogen (secondary N) is 2. The normalized spacial score (nSPS) is 13.3. The fourth-order valence-electron chi connectivity index (χ4n) is 3.65. The summed E-state index contributed by atoms with van der Waals surface area (Å²) < 4.78 is 4.65. The summed E-state index contributed by atoms with van der Waals surface area (Å²) >= 11 is 11.5. The van der Waals surface area contributed by atoms with Gasteiger partial charge in [-0.15, -0.1) is 0 Å². The molecule has 0 fully saturated rings. The van der Waals surface area contributed by atoms with Gasteiger partial charge in [0.05, 0.1) is 18.1 Å². The summed E-state index contributed by atoms with van der Waals surface area (Å²) in [5, 5.41) is 17.0. The second kappa shape index (κ2) is 19.7. The van der Waals surface area contributed by atoms with Crippen molar-refractivity contribution in [3.05, 3.63) is 37.6 Å². The van der Waals surface area contributed by atoms with Crippen LogP contribution in [0.25, 0.3) is 0 Å². The first-order valence-corrected chi connectivity index (χ1v) is 12.9. The van der Waals surface area contributed by atoms with Gasteiger partial charge in [-0.05, 0) is 49.9 Å². The molecule has 0 bridgehead atoms. The number of Topliss-reactive ketones (excluding diaryl/α,β-unsaturated/α-hetero) is 1. The lowest BCUT2D eigenvalue weighted by atomic mass is 9.96. The van der Waals surface area contributed by atoms with E-state index in [4.69, 9.17) is 42.4 Å². The van der Waals surface area contributed by atoms with E-state index in [9.17, 15) is 19.7 Å². The Morgan fingerprint density at radius 2 is 1.62 bits per heavy atom. The van der Waals surface area contributed by atoms with Crippen molar-refractivity contribution >= 4 is 64.6 Å². The largest absolute Gasteiger partial charge is 0.467 e. The number of anilines is 2. The molecule has 2 atom stereocenters. The summed E-state index contributed by atoms with van der Waals surface area (Å²) in [7, 11) is 1.25. The molecule has 1 aliphatic heterocycles. The molecular formula is C24H29Cl2N7O9. The first-order valence-electron chi connectivity index (χ1n) is 12.2. The van der Waals surface area contributed by atoms with Crippen LogP contribution in [0.1, 0.15) is 56.5 Å². The first-order chi connectivity index (χ1) is 19.8. The van der Waals surface area contributed by atoms with E-state index in [1.807, 2.05) is 13.8 Å². The van der Waals surface area contributed by atoms with E-state index < -0.39 is 16.9 Å². The number of carbonyl (C=O) groups is 2. The van der Waals surface area contributed by atoms with Gasteiger partial charge < -0.3 is 15.4 Å². The molecule has 0 spiro atoms. The lowest BCUT2D eigenvalue weighted by molar-refractivity contribution is -0.385. The minimum absolute atomic E-state index is 0.0867. The van der Waals surface area contributed by atoms with Crippen molar-refractivity contribution in [2.24, 2.45) is 0 Å². The predicted molar refractivity (Wildman–Crippen MR) is 146 cm³/mol. The Bertz CT molecular complexity index is 1300. The van der Waals surface area contributed by atoms with Gasteiger partial charge in [0.1, 0.15) is 17.6 Å². The molecule has 18 heteroatoms. The molecule has 1 aliphatic rings. The van der Waals surface area contributed by atoms with Crippen molar-refractivity contribution in [2.75, 3.05) is 17.7 Å². The third-order valence-corrected chi connectivity index (χ3v) is 5.74. The van der Waals surface area contributed by atoms with E-state index in [0.29, 0.717) is 19.3 Å². The zero-order valence-electron chi connectivity index (χ0n) is 23.4. The highest BCUT2D eigenvalue weighted by molar-refractivity contribution is 6.28. The summed E-state index contributed by atoms with van der Waals surface area (Å²) in [6, 6.07) is -0.850. The maximum atomic E-state index is 11.8. The number of hydrogen-bond acceptors (Lipinski definition) is 15. The minimum Gasteiger partial charge on any atom is -0.467 e. The number of hydrogen-bond donors (Lipinski definition) is 2. The van der Waals surface area contributed by atoms with Crippen LogP contribution in [0.4, 0.5) is 17.3 Å². The number of aryl methyl sites for hydroxylation is 2. The standard InChI is InChI=1S/C11H15ClN4O4.C11H14ClN3O.2CO2/c1-4-5-7(10(17)20-3)14-9-8(16(18)19)6(2)13-11(12)15-9;1-3-4-8-9(16)5-7-6(2)13-11(12)15-10(7)14-8;2*2-1-3/h7H,4-5H2,1-3H3,(H,13,14,15);8H,3-5H2,1-2H3,(H,13,14,15);;/t7-;;;/m0.../s1. The van der Waals surface area contributed by atoms with Gasteiger partial charge in [0.2, 0.25) is 16.4 Å². The number of ether oxygens (including phenoxy) is 1. The molecule has 0 aromatic carbocycles. The van der Waals surface area contributed by atoms with Crippen LogP contribution in [-0.2, 0) is 39.9 Å². The Kier molecular flexibility index (Phi) is 17.6. The minimum atomic E-state index is -0.728. The maximum Gasteiger partial charge on any atom is 0.373 e. The maximum absolute atomic E-state index is 11.8. The lowest BCUT2D eigenvalue weighted by Crippen LogP contribution is -2.36. The zero-order chi connectivity index (χ0) is 32.4. The Balaban J connectivity index is 0.000000683. The molecule has 2 N–H and O–H groups in total. The third-order valence-electron chi connectivity index (χ3n) is 5.40. The molecule has 2 aromatic heterocycles. The number of fused-ring (bicyclic) bond motifs is 1. The van der Waals surface area contributed by atoms with Crippen LogP contribution in [0.2, 0.25) is 10.6 Å². The van der Waals surface area contributed by atoms with Crippen molar-refractivity contribution in [3.8, 4) is 0 Å². The summed E-state index contributed by atoms with van der Waals surface area (Å²) in [5.74, 6) is 0.323. The van der Waals surface area contributed by atoms with Gasteiger partial charge in [-0.2, -0.15) is 24.2 Å². The average Bonchev–Trinajstić information content (AvgIpc) is 2.90. The Hall–Kier alpha value is -4.36. The number of ketones is 1. The third kappa shape index (κ3) is 12.0. The lowest BCUT2D eigenvalue weighted by Gasteiger charge is -2.25. The number of esters is 1. The zero-order valence-corrected chi connectivity index (χ0v) is 24.9. The highest BCUT2D eigenvalue weighted by Crippen LogP contribution is 2.28. The molecule has 3 rings (SSSR count). The number of nitro groups is 1. The Morgan fingerprint density at radius 3 is 2.12 bits per heavy atom. The second-order valence-corrected chi connectivity index (χ2v) is 8.92. The molecule has 2 aromatic rings. The van der Waals surface area contributed by atoms with Gasteiger partial charge in [-0.1, -0.05) is 26.7 Å².